The molecule has 1 aliphatic rings. The topological polar surface area (TPSA) is 39.4 Å². The molecule has 4 nitrogen and oxygen atoms in total. The van der Waals surface area contributed by atoms with Gasteiger partial charge >= 0.3 is 0 Å². The number of imidazole rings is 1. The molecule has 1 aliphatic heterocycles. The Labute approximate surface area is 132 Å². The van der Waals surface area contributed by atoms with E-state index >= 15 is 0 Å². The highest BCUT2D eigenvalue weighted by Crippen LogP contribution is 2.35. The summed E-state index contributed by atoms with van der Waals surface area (Å²) in [4.78, 5) is 8.70. The number of rotatable bonds is 2. The van der Waals surface area contributed by atoms with Gasteiger partial charge in [-0.1, -0.05) is 30.3 Å². The molecule has 21 heavy (non-hydrogen) atoms. The number of aliphatic imine (C=N–C) groups is 1. The van der Waals surface area contributed by atoms with Crippen molar-refractivity contribution in [3.8, 4) is 11.3 Å². The number of hydrogen-bond acceptors (Lipinski definition) is 3. The Morgan fingerprint density at radius 2 is 2.14 bits per heavy atom. The van der Waals surface area contributed by atoms with Gasteiger partial charge in [-0.25, -0.2) is 4.98 Å². The van der Waals surface area contributed by atoms with Crippen LogP contribution in [0, 0.1) is 0 Å². The third-order valence-electron chi connectivity index (χ3n) is 3.53. The minimum Gasteiger partial charge on any atom is -0.353 e. The first kappa shape index (κ1) is 14.2. The number of halogens is 1. The summed E-state index contributed by atoms with van der Waals surface area (Å²) in [5.41, 5.74) is 3.19. The normalized spacial score (nSPS) is 20.1. The number of allylic oxidation sites excluding steroid dienone is 1. The third kappa shape index (κ3) is 2.59. The Morgan fingerprint density at radius 3 is 2.86 bits per heavy atom. The zero-order valence-electron chi connectivity index (χ0n) is 12.0. The van der Waals surface area contributed by atoms with Gasteiger partial charge in [-0.15, -0.1) is 0 Å². The third-order valence-corrected chi connectivity index (χ3v) is 4.08. The van der Waals surface area contributed by atoms with Gasteiger partial charge in [0.25, 0.3) is 0 Å². The van der Waals surface area contributed by atoms with Crippen LogP contribution in [0.2, 0.25) is 0 Å². The van der Waals surface area contributed by atoms with Crippen LogP contribution in [0.3, 0.4) is 0 Å². The molecule has 0 bridgehead atoms. The molecule has 0 saturated carbocycles. The van der Waals surface area contributed by atoms with Crippen LogP contribution in [0.5, 0.6) is 0 Å². The average molecular weight is 346 g/mol. The second kappa shape index (κ2) is 5.95. The van der Waals surface area contributed by atoms with E-state index in [0.29, 0.717) is 6.73 Å². The van der Waals surface area contributed by atoms with E-state index in [1.54, 1.807) is 13.3 Å². The molecule has 1 aromatic carbocycles. The summed E-state index contributed by atoms with van der Waals surface area (Å²) in [5, 5.41) is 0. The van der Waals surface area contributed by atoms with Gasteiger partial charge in [0.05, 0.1) is 11.8 Å². The Hall–Kier alpha value is -1.72. The highest BCUT2D eigenvalue weighted by Gasteiger charge is 2.27. The Balaban J connectivity index is 2.16. The summed E-state index contributed by atoms with van der Waals surface area (Å²) in [6, 6.07) is 10.2. The minimum atomic E-state index is 0.00780. The molecule has 5 heteroatoms. The molecule has 3 rings (SSSR count). The maximum atomic E-state index is 5.86. The summed E-state index contributed by atoms with van der Waals surface area (Å²) >= 11 is 3.58. The van der Waals surface area contributed by atoms with Crippen molar-refractivity contribution in [1.82, 2.24) is 9.55 Å². The predicted octanol–water partition coefficient (Wildman–Crippen LogP) is 3.77. The van der Waals surface area contributed by atoms with E-state index in [4.69, 9.17) is 4.74 Å². The number of aromatic nitrogens is 2. The summed E-state index contributed by atoms with van der Waals surface area (Å²) in [6.07, 6.45) is 3.74. The van der Waals surface area contributed by atoms with Crippen LogP contribution in [-0.2, 0) is 11.5 Å². The Kier molecular flexibility index (Phi) is 4.03. The van der Waals surface area contributed by atoms with Gasteiger partial charge in [-0.3, -0.25) is 9.56 Å². The highest BCUT2D eigenvalue weighted by atomic mass is 79.9. The van der Waals surface area contributed by atoms with Crippen LogP contribution in [0.4, 0.5) is 0 Å². The molecule has 108 valence electrons. The molecule has 0 fully saturated rings. The molecule has 2 heterocycles. The SMILES string of the molecule is CN=C/C=C1/c2nc(Br)c(-c3ccccc3)n2COC1C. The molecule has 0 N–H and O–H groups in total. The van der Waals surface area contributed by atoms with Crippen LogP contribution >= 0.6 is 15.9 Å². The van der Waals surface area contributed by atoms with Crippen molar-refractivity contribution in [3.63, 3.8) is 0 Å². The predicted molar refractivity (Wildman–Crippen MR) is 88.3 cm³/mol. The lowest BCUT2D eigenvalue weighted by atomic mass is 10.1. The van der Waals surface area contributed by atoms with E-state index in [2.05, 4.69) is 42.6 Å². The van der Waals surface area contributed by atoms with E-state index in [-0.39, 0.29) is 6.10 Å². The standard InChI is InChI=1S/C16H16BrN3O/c1-11-13(8-9-18-2)16-19-15(17)14(20(16)10-21-11)12-6-4-3-5-7-12/h3-9,11H,10H2,1-2H3/b13-8+,18-9?. The quantitative estimate of drug-likeness (QED) is 0.777. The first-order valence-electron chi connectivity index (χ1n) is 6.78. The summed E-state index contributed by atoms with van der Waals surface area (Å²) in [7, 11) is 1.75. The fourth-order valence-electron chi connectivity index (χ4n) is 2.46. The molecule has 1 aromatic heterocycles. The van der Waals surface area contributed by atoms with Gasteiger partial charge in [0.2, 0.25) is 0 Å². The van der Waals surface area contributed by atoms with Crippen molar-refractivity contribution in [2.24, 2.45) is 4.99 Å². The van der Waals surface area contributed by atoms with Crippen LogP contribution in [0.25, 0.3) is 16.8 Å². The van der Waals surface area contributed by atoms with Crippen molar-refractivity contribution in [3.05, 3.63) is 46.8 Å². The van der Waals surface area contributed by atoms with Crippen molar-refractivity contribution in [2.75, 3.05) is 7.05 Å². The van der Waals surface area contributed by atoms with Crippen LogP contribution < -0.4 is 0 Å². The number of nitrogens with zero attached hydrogens (tertiary/aromatic N) is 3. The van der Waals surface area contributed by atoms with Crippen LogP contribution in [0.15, 0.2) is 46.0 Å². The molecular formula is C16H16BrN3O. The molecule has 0 aliphatic carbocycles. The average Bonchev–Trinajstić information content (AvgIpc) is 2.83. The molecule has 1 atom stereocenters. The number of ether oxygens (including phenoxy) is 1. The van der Waals surface area contributed by atoms with Crippen LogP contribution in [0.1, 0.15) is 12.7 Å². The van der Waals surface area contributed by atoms with Crippen molar-refractivity contribution in [2.45, 2.75) is 19.8 Å². The molecule has 0 saturated heterocycles. The fraction of sp³-hybridized carbons (Fsp3) is 0.250. The van der Waals surface area contributed by atoms with Gasteiger partial charge in [0.15, 0.2) is 0 Å². The summed E-state index contributed by atoms with van der Waals surface area (Å²) in [6.45, 7) is 2.53. The Morgan fingerprint density at radius 1 is 1.38 bits per heavy atom. The van der Waals surface area contributed by atoms with E-state index in [1.165, 1.54) is 0 Å². The minimum absolute atomic E-state index is 0.00780. The van der Waals surface area contributed by atoms with Gasteiger partial charge in [-0.05, 0) is 28.9 Å². The van der Waals surface area contributed by atoms with Crippen molar-refractivity contribution >= 4 is 27.7 Å². The maximum absolute atomic E-state index is 5.86. The van der Waals surface area contributed by atoms with Crippen molar-refractivity contribution in [1.29, 1.82) is 0 Å². The molecule has 0 spiro atoms. The lowest BCUT2D eigenvalue weighted by Gasteiger charge is -2.25. The summed E-state index contributed by atoms with van der Waals surface area (Å²) < 4.78 is 8.79. The lowest BCUT2D eigenvalue weighted by molar-refractivity contribution is 0.0382. The van der Waals surface area contributed by atoms with E-state index in [1.807, 2.05) is 31.2 Å². The van der Waals surface area contributed by atoms with Gasteiger partial charge in [-0.2, -0.15) is 0 Å². The Bertz CT molecular complexity index is 704. The largest absolute Gasteiger partial charge is 0.353 e. The van der Waals surface area contributed by atoms with E-state index < -0.39 is 0 Å². The molecule has 0 radical (unpaired) electrons. The molecule has 2 aromatic rings. The van der Waals surface area contributed by atoms with E-state index in [0.717, 1.165) is 27.3 Å². The first-order chi connectivity index (χ1) is 10.2. The zero-order valence-corrected chi connectivity index (χ0v) is 13.5. The van der Waals surface area contributed by atoms with Crippen molar-refractivity contribution < 1.29 is 4.74 Å². The second-order valence-corrected chi connectivity index (χ2v) is 5.59. The first-order valence-corrected chi connectivity index (χ1v) is 7.57. The lowest BCUT2D eigenvalue weighted by Crippen LogP contribution is -2.23. The van der Waals surface area contributed by atoms with Gasteiger partial charge < -0.3 is 4.74 Å². The van der Waals surface area contributed by atoms with E-state index in [9.17, 15) is 0 Å². The summed E-state index contributed by atoms with van der Waals surface area (Å²) in [5.74, 6) is 0.930. The van der Waals surface area contributed by atoms with Gasteiger partial charge in [0, 0.05) is 24.4 Å². The zero-order chi connectivity index (χ0) is 14.8. The number of hydrogen-bond donors (Lipinski definition) is 0. The smallest absolute Gasteiger partial charge is 0.142 e. The maximum Gasteiger partial charge on any atom is 0.142 e. The second-order valence-electron chi connectivity index (χ2n) is 4.84. The fourth-order valence-corrected chi connectivity index (χ4v) is 3.07. The number of fused-ring (bicyclic) bond motifs is 1. The molecular weight excluding hydrogens is 330 g/mol. The molecule has 1 unspecified atom stereocenters. The van der Waals surface area contributed by atoms with Gasteiger partial charge in [0.1, 0.15) is 17.2 Å². The monoisotopic (exact) mass is 345 g/mol. The molecule has 0 amide bonds. The number of benzene rings is 1. The van der Waals surface area contributed by atoms with Crippen LogP contribution in [-0.4, -0.2) is 28.9 Å². The highest BCUT2D eigenvalue weighted by molar-refractivity contribution is 9.10.